The molecule has 0 spiro atoms. The average molecular weight is 1790 g/mol. The van der Waals surface area contributed by atoms with E-state index < -0.39 is 0 Å². The van der Waals surface area contributed by atoms with E-state index >= 15 is 0 Å². The van der Waals surface area contributed by atoms with Gasteiger partial charge < -0.3 is 13.7 Å². The van der Waals surface area contributed by atoms with Gasteiger partial charge in [0, 0.05) is 146 Å². The Labute approximate surface area is 795 Å². The van der Waals surface area contributed by atoms with E-state index in [1.807, 2.05) is 120 Å². The molecule has 0 bridgehead atoms. The van der Waals surface area contributed by atoms with Crippen molar-refractivity contribution in [1.82, 2.24) is 63.5 Å². The lowest BCUT2D eigenvalue weighted by molar-refractivity contribution is 0.666. The van der Waals surface area contributed by atoms with Crippen LogP contribution in [0.1, 0.15) is 36.1 Å². The van der Waals surface area contributed by atoms with E-state index in [0.29, 0.717) is 34.9 Å². The van der Waals surface area contributed by atoms with Crippen LogP contribution in [0.25, 0.3) is 236 Å². The van der Waals surface area contributed by atoms with Gasteiger partial charge >= 0.3 is 0 Å². The van der Waals surface area contributed by atoms with Crippen molar-refractivity contribution in [2.45, 2.75) is 25.8 Å². The third kappa shape index (κ3) is 13.9. The Balaban J connectivity index is 0.000000106. The minimum absolute atomic E-state index is 0.167. The van der Waals surface area contributed by atoms with Crippen molar-refractivity contribution in [2.75, 3.05) is 0 Å². The largest absolute Gasteiger partial charge is 0.309 e. The SMILES string of the molecule is C1=NCc2cc(-c3ccc4c(c3)sc3c4ccc4c3c3cc(-c5ncnc(-c6ccccc6)n5)ccc3n4-c3ccccc3)ccc21.CC1(C)c2ccccc2-c2ccc3c(c21)c1cc(-c2ncnc(-c4ccccc4)n2)ccc1n3-c1cccc(-c2ccccc2)c1.c1ccc(-n2c3ccc(-c4ncnc(-c5cccc(-c6ccccn6)c5)n4)cc3c3c4sc5ccccc5c4ccc32)cc1. The highest BCUT2D eigenvalue weighted by atomic mass is 32.1. The molecule has 1 aliphatic heterocycles. The molecule has 10 heterocycles. The second-order valence-electron chi connectivity index (χ2n) is 35.2. The number of aliphatic imine (C=N–C) groups is 1. The minimum Gasteiger partial charge on any atom is -0.309 e. The number of pyridine rings is 1. The third-order valence-corrected chi connectivity index (χ3v) is 29.3. The number of benzene rings is 17. The number of nitrogens with zero attached hydrogens (tertiary/aromatic N) is 14. The van der Waals surface area contributed by atoms with E-state index in [1.54, 1.807) is 25.2 Å². The van der Waals surface area contributed by atoms with Crippen molar-refractivity contribution in [3.8, 4) is 130 Å². The van der Waals surface area contributed by atoms with Gasteiger partial charge in [0.25, 0.3) is 0 Å². The molecular weight excluding hydrogens is 1710 g/mol. The molecule has 0 unspecified atom stereocenters. The number of hydrogen-bond donors (Lipinski definition) is 0. The van der Waals surface area contributed by atoms with E-state index in [2.05, 4.69) is 371 Å². The molecule has 0 radical (unpaired) electrons. The molecule has 137 heavy (non-hydrogen) atoms. The van der Waals surface area contributed by atoms with E-state index in [-0.39, 0.29) is 5.41 Å². The summed E-state index contributed by atoms with van der Waals surface area (Å²) in [6, 6.07) is 139. The Bertz CT molecular complexity index is 9350. The van der Waals surface area contributed by atoms with Crippen molar-refractivity contribution in [3.63, 3.8) is 0 Å². The van der Waals surface area contributed by atoms with Crippen LogP contribution in [0.15, 0.2) is 424 Å². The summed E-state index contributed by atoms with van der Waals surface area (Å²) in [4.78, 5) is 51.1. The summed E-state index contributed by atoms with van der Waals surface area (Å²) in [5.41, 5.74) is 30.7. The molecule has 0 fully saturated rings. The Morgan fingerprint density at radius 1 is 0.263 bits per heavy atom. The summed E-state index contributed by atoms with van der Waals surface area (Å²) < 4.78 is 12.3. The molecule has 9 aromatic heterocycles. The fourth-order valence-corrected chi connectivity index (χ4v) is 23.1. The molecule has 14 nitrogen and oxygen atoms in total. The first-order chi connectivity index (χ1) is 67.7. The monoisotopic (exact) mass is 1790 g/mol. The fraction of sp³-hybridized carbons (Fsp3) is 0.0331. The number of thiophene rings is 2. The first kappa shape index (κ1) is 80.3. The number of fused-ring (bicyclic) bond motifs is 22. The van der Waals surface area contributed by atoms with Gasteiger partial charge in [-0.05, 0) is 201 Å². The molecule has 0 atom stereocenters. The Morgan fingerprint density at radius 2 is 0.679 bits per heavy atom. The van der Waals surface area contributed by atoms with Crippen LogP contribution < -0.4 is 0 Å². The molecule has 26 aromatic rings. The van der Waals surface area contributed by atoms with Gasteiger partial charge in [-0.25, -0.2) is 44.9 Å². The Morgan fingerprint density at radius 3 is 1.27 bits per heavy atom. The van der Waals surface area contributed by atoms with Gasteiger partial charge in [-0.3, -0.25) is 9.98 Å². The molecule has 28 rings (SSSR count). The quantitative estimate of drug-likeness (QED) is 0.115. The molecule has 1 aliphatic carbocycles. The molecule has 0 N–H and O–H groups in total. The lowest BCUT2D eigenvalue weighted by Gasteiger charge is -2.22. The Kier molecular flexibility index (Phi) is 19.3. The summed E-state index contributed by atoms with van der Waals surface area (Å²) in [5.74, 6) is 3.94. The zero-order chi connectivity index (χ0) is 90.8. The molecule has 2 aliphatic rings. The molecule has 16 heteroatoms. The Hall–Kier alpha value is -17.6. The summed E-state index contributed by atoms with van der Waals surface area (Å²) in [6.45, 7) is 5.48. The van der Waals surface area contributed by atoms with Crippen molar-refractivity contribution in [3.05, 3.63) is 442 Å². The highest BCUT2D eigenvalue weighted by Gasteiger charge is 2.39. The lowest BCUT2D eigenvalue weighted by atomic mass is 9.80. The van der Waals surface area contributed by atoms with Crippen molar-refractivity contribution in [2.24, 2.45) is 4.99 Å². The number of aromatic nitrogens is 13. The molecule has 0 saturated heterocycles. The first-order valence-electron chi connectivity index (χ1n) is 45.8. The predicted octanol–water partition coefficient (Wildman–Crippen LogP) is 30.3. The van der Waals surface area contributed by atoms with E-state index in [9.17, 15) is 0 Å². The summed E-state index contributed by atoms with van der Waals surface area (Å²) in [5, 5.41) is 12.5. The average Bonchev–Trinajstić information content (AvgIpc) is 1.54. The molecule has 17 aromatic carbocycles. The van der Waals surface area contributed by atoms with Crippen LogP contribution in [0.2, 0.25) is 0 Å². The van der Waals surface area contributed by atoms with Gasteiger partial charge in [-0.1, -0.05) is 263 Å². The maximum absolute atomic E-state index is 4.95. The van der Waals surface area contributed by atoms with E-state index in [1.165, 1.54) is 145 Å². The maximum Gasteiger partial charge on any atom is 0.163 e. The molecule has 644 valence electrons. The van der Waals surface area contributed by atoms with Gasteiger partial charge in [0.15, 0.2) is 34.9 Å². The standard InChI is InChI=1S/C42H30N4.C41H25N5S.C38H23N5S/c1-42(2)35-19-10-9-18-32(35)33-21-23-37-38(39(33)42)34-25-30(41-44-26-43-40(45-41)28-14-7-4-8-15-28)20-22-36(34)46(37)31-17-11-16-29(24-31)27-12-5-3-6-13-27;1-3-7-25(8-4-1)40-43-24-44-41(45-40)28-14-17-35-34(20-28)38-36(46(35)31-9-5-2-6-10-31)18-16-33-32-15-13-27(21-37(32)47-39(33)38)26-11-12-29-22-42-23-30(29)19-26;1-2-11-27(12-3-1)43-32-18-16-26(22-30(32)35-33(43)19-17-29-28-13-4-5-15-34(28)44-36(29)35)38-41-23-40-37(42-38)25-10-8-9-24(21-25)31-14-6-7-20-39-31/h3-26H,1-2H3;1-22,24H,23H2;1-23H. The summed E-state index contributed by atoms with van der Waals surface area (Å²) in [7, 11) is 0. The molecular formula is C121H78N14S2. The number of para-hydroxylation sites is 2. The lowest BCUT2D eigenvalue weighted by Crippen LogP contribution is -2.15. The summed E-state index contributed by atoms with van der Waals surface area (Å²) >= 11 is 3.73. The van der Waals surface area contributed by atoms with Gasteiger partial charge in [-0.15, -0.1) is 22.7 Å². The van der Waals surface area contributed by atoms with Crippen LogP contribution in [0, 0.1) is 0 Å². The normalized spacial score (nSPS) is 12.5. The van der Waals surface area contributed by atoms with Crippen LogP contribution in [-0.2, 0) is 12.0 Å². The molecule has 0 saturated carbocycles. The van der Waals surface area contributed by atoms with Crippen molar-refractivity contribution in [1.29, 1.82) is 0 Å². The first-order valence-corrected chi connectivity index (χ1v) is 47.5. The highest BCUT2D eigenvalue weighted by molar-refractivity contribution is 7.27. The van der Waals surface area contributed by atoms with Gasteiger partial charge in [0.1, 0.15) is 19.0 Å². The van der Waals surface area contributed by atoms with Crippen LogP contribution in [-0.4, -0.2) is 69.8 Å². The smallest absolute Gasteiger partial charge is 0.163 e. The van der Waals surface area contributed by atoms with E-state index in [4.69, 9.17) is 15.0 Å². The predicted molar refractivity (Wildman–Crippen MR) is 564 cm³/mol. The zero-order valence-corrected chi connectivity index (χ0v) is 75.8. The minimum atomic E-state index is -0.167. The number of hydrogen-bond acceptors (Lipinski definition) is 13. The van der Waals surface area contributed by atoms with Crippen LogP contribution in [0.3, 0.4) is 0 Å². The maximum atomic E-state index is 4.95. The number of rotatable bonds is 12. The fourth-order valence-electron chi connectivity index (χ4n) is 20.6. The zero-order valence-electron chi connectivity index (χ0n) is 74.2. The third-order valence-electron chi connectivity index (χ3n) is 26.9. The van der Waals surface area contributed by atoms with E-state index in [0.717, 1.165) is 84.8 Å². The second-order valence-corrected chi connectivity index (χ2v) is 37.3. The van der Waals surface area contributed by atoms with Crippen molar-refractivity contribution >= 4 is 135 Å². The van der Waals surface area contributed by atoms with Crippen molar-refractivity contribution < 1.29 is 0 Å². The van der Waals surface area contributed by atoms with Gasteiger partial charge in [-0.2, -0.15) is 0 Å². The van der Waals surface area contributed by atoms with Gasteiger partial charge in [0.2, 0.25) is 0 Å². The van der Waals surface area contributed by atoms with Crippen LogP contribution in [0.4, 0.5) is 0 Å². The highest BCUT2D eigenvalue weighted by Crippen LogP contribution is 2.55. The summed E-state index contributed by atoms with van der Waals surface area (Å²) in [6.07, 6.45) is 8.61. The van der Waals surface area contributed by atoms with Crippen LogP contribution in [0.5, 0.6) is 0 Å². The topological polar surface area (TPSA) is 156 Å². The van der Waals surface area contributed by atoms with Crippen LogP contribution >= 0.6 is 22.7 Å². The second kappa shape index (κ2) is 33.0. The molecule has 0 amide bonds. The van der Waals surface area contributed by atoms with Gasteiger partial charge in [0.05, 0.1) is 45.3 Å².